The van der Waals surface area contributed by atoms with Gasteiger partial charge in [0.05, 0.1) is 0 Å². The summed E-state index contributed by atoms with van der Waals surface area (Å²) in [6.07, 6.45) is -0.0224. The van der Waals surface area contributed by atoms with Gasteiger partial charge in [-0.2, -0.15) is 0 Å². The van der Waals surface area contributed by atoms with Gasteiger partial charge in [-0.25, -0.2) is 8.78 Å². The lowest BCUT2D eigenvalue weighted by Crippen LogP contribution is -2.49. The third-order valence-electron chi connectivity index (χ3n) is 2.55. The van der Waals surface area contributed by atoms with Gasteiger partial charge in [0, 0.05) is 29.8 Å². The first-order valence-corrected chi connectivity index (χ1v) is 5.62. The average Bonchev–Trinajstić information content (AvgIpc) is 2.51. The molecule has 1 nitrogen and oxygen atoms in total. The predicted octanol–water partition coefficient (Wildman–Crippen LogP) is 3.20. The van der Waals surface area contributed by atoms with Crippen LogP contribution in [0, 0.1) is 0 Å². The SMILES string of the molecule is CC(NC1CC(F)(F)C1)c1cccs1. The fourth-order valence-electron chi connectivity index (χ4n) is 1.75. The van der Waals surface area contributed by atoms with Crippen molar-refractivity contribution in [2.24, 2.45) is 0 Å². The Labute approximate surface area is 86.1 Å². The third-order valence-corrected chi connectivity index (χ3v) is 3.60. The second-order valence-electron chi connectivity index (χ2n) is 3.86. The lowest BCUT2D eigenvalue weighted by atomic mass is 9.87. The molecule has 1 aromatic rings. The number of rotatable bonds is 3. The summed E-state index contributed by atoms with van der Waals surface area (Å²) >= 11 is 1.66. The van der Waals surface area contributed by atoms with Crippen molar-refractivity contribution in [3.8, 4) is 0 Å². The van der Waals surface area contributed by atoms with Crippen molar-refractivity contribution in [1.82, 2.24) is 5.32 Å². The zero-order chi connectivity index (χ0) is 10.2. The molecule has 1 unspecified atom stereocenters. The summed E-state index contributed by atoms with van der Waals surface area (Å²) in [5.41, 5.74) is 0. The number of hydrogen-bond donors (Lipinski definition) is 1. The van der Waals surface area contributed by atoms with Gasteiger partial charge in [-0.05, 0) is 18.4 Å². The minimum absolute atomic E-state index is 0.0112. The molecule has 1 aromatic heterocycles. The molecule has 78 valence electrons. The van der Waals surface area contributed by atoms with E-state index in [-0.39, 0.29) is 24.9 Å². The van der Waals surface area contributed by atoms with Crippen LogP contribution in [0.2, 0.25) is 0 Å². The minimum Gasteiger partial charge on any atom is -0.306 e. The Morgan fingerprint density at radius 1 is 1.57 bits per heavy atom. The maximum atomic E-state index is 12.5. The van der Waals surface area contributed by atoms with Gasteiger partial charge in [-0.3, -0.25) is 0 Å². The monoisotopic (exact) mass is 217 g/mol. The summed E-state index contributed by atoms with van der Waals surface area (Å²) in [5, 5.41) is 5.21. The lowest BCUT2D eigenvalue weighted by Gasteiger charge is -2.37. The predicted molar refractivity (Wildman–Crippen MR) is 53.8 cm³/mol. The molecule has 0 spiro atoms. The van der Waals surface area contributed by atoms with Gasteiger partial charge in [-0.15, -0.1) is 11.3 Å². The van der Waals surface area contributed by atoms with Crippen molar-refractivity contribution in [3.05, 3.63) is 22.4 Å². The first-order valence-electron chi connectivity index (χ1n) is 4.74. The zero-order valence-corrected chi connectivity index (χ0v) is 8.78. The Hall–Kier alpha value is -0.480. The van der Waals surface area contributed by atoms with Crippen LogP contribution in [0.5, 0.6) is 0 Å². The molecule has 1 fully saturated rings. The summed E-state index contributed by atoms with van der Waals surface area (Å²) in [7, 11) is 0. The zero-order valence-electron chi connectivity index (χ0n) is 7.97. The Morgan fingerprint density at radius 2 is 2.29 bits per heavy atom. The van der Waals surface area contributed by atoms with E-state index in [1.165, 1.54) is 4.88 Å². The van der Waals surface area contributed by atoms with E-state index in [2.05, 4.69) is 5.32 Å². The fourth-order valence-corrected chi connectivity index (χ4v) is 2.50. The van der Waals surface area contributed by atoms with Crippen LogP contribution >= 0.6 is 11.3 Å². The van der Waals surface area contributed by atoms with E-state index in [0.717, 1.165) is 0 Å². The smallest absolute Gasteiger partial charge is 0.251 e. The van der Waals surface area contributed by atoms with E-state index in [9.17, 15) is 8.78 Å². The second kappa shape index (κ2) is 3.59. The molecule has 0 amide bonds. The van der Waals surface area contributed by atoms with Crippen LogP contribution in [-0.2, 0) is 0 Å². The summed E-state index contributed by atoms with van der Waals surface area (Å²) in [4.78, 5) is 1.21. The van der Waals surface area contributed by atoms with Crippen molar-refractivity contribution in [2.75, 3.05) is 0 Å². The van der Waals surface area contributed by atoms with Crippen LogP contribution < -0.4 is 5.32 Å². The first-order chi connectivity index (χ1) is 6.57. The van der Waals surface area contributed by atoms with Crippen LogP contribution in [0.3, 0.4) is 0 Å². The molecule has 1 aliphatic carbocycles. The van der Waals surface area contributed by atoms with E-state index < -0.39 is 5.92 Å². The van der Waals surface area contributed by atoms with Crippen LogP contribution in [0.25, 0.3) is 0 Å². The van der Waals surface area contributed by atoms with Crippen molar-refractivity contribution >= 4 is 11.3 Å². The Bertz CT molecular complexity index is 289. The molecular weight excluding hydrogens is 204 g/mol. The number of halogens is 2. The molecule has 1 heterocycles. The highest BCUT2D eigenvalue weighted by Gasteiger charge is 2.45. The van der Waals surface area contributed by atoms with E-state index >= 15 is 0 Å². The molecule has 0 radical (unpaired) electrons. The number of nitrogens with one attached hydrogen (secondary N) is 1. The molecule has 4 heteroatoms. The van der Waals surface area contributed by atoms with E-state index in [0.29, 0.717) is 0 Å². The van der Waals surface area contributed by atoms with Gasteiger partial charge in [0.25, 0.3) is 5.92 Å². The van der Waals surface area contributed by atoms with Gasteiger partial charge in [0.1, 0.15) is 0 Å². The summed E-state index contributed by atoms with van der Waals surface area (Å²) < 4.78 is 25.1. The molecule has 1 N–H and O–H groups in total. The molecule has 0 saturated heterocycles. The number of thiophene rings is 1. The summed E-state index contributed by atoms with van der Waals surface area (Å²) in [5.74, 6) is -2.42. The molecule has 2 rings (SSSR count). The largest absolute Gasteiger partial charge is 0.306 e. The highest BCUT2D eigenvalue weighted by molar-refractivity contribution is 7.10. The normalized spacial score (nSPS) is 23.1. The lowest BCUT2D eigenvalue weighted by molar-refractivity contribution is -0.0944. The Kier molecular flexibility index (Phi) is 2.58. The first kappa shape index (κ1) is 10.1. The molecule has 1 saturated carbocycles. The van der Waals surface area contributed by atoms with Crippen molar-refractivity contribution < 1.29 is 8.78 Å². The van der Waals surface area contributed by atoms with Crippen molar-refractivity contribution in [1.29, 1.82) is 0 Å². The number of alkyl halides is 2. The van der Waals surface area contributed by atoms with Crippen molar-refractivity contribution in [2.45, 2.75) is 37.8 Å². The minimum atomic E-state index is -2.42. The van der Waals surface area contributed by atoms with Crippen LogP contribution in [-0.4, -0.2) is 12.0 Å². The standard InChI is InChI=1S/C10H13F2NS/c1-7(9-3-2-4-14-9)13-8-5-10(11,12)6-8/h2-4,7-8,13H,5-6H2,1H3. The molecule has 0 bridgehead atoms. The number of hydrogen-bond acceptors (Lipinski definition) is 2. The van der Waals surface area contributed by atoms with Crippen LogP contribution in [0.1, 0.15) is 30.7 Å². The molecule has 1 atom stereocenters. The second-order valence-corrected chi connectivity index (χ2v) is 4.84. The maximum absolute atomic E-state index is 12.5. The molecule has 0 aliphatic heterocycles. The van der Waals surface area contributed by atoms with E-state index in [1.54, 1.807) is 11.3 Å². The molecular formula is C10H13F2NS. The van der Waals surface area contributed by atoms with Gasteiger partial charge < -0.3 is 5.32 Å². The third kappa shape index (κ3) is 2.12. The highest BCUT2D eigenvalue weighted by Crippen LogP contribution is 2.38. The fraction of sp³-hybridized carbons (Fsp3) is 0.600. The molecule has 1 aliphatic rings. The molecule has 0 aromatic carbocycles. The Morgan fingerprint density at radius 3 is 2.79 bits per heavy atom. The quantitative estimate of drug-likeness (QED) is 0.819. The van der Waals surface area contributed by atoms with Gasteiger partial charge >= 0.3 is 0 Å². The highest BCUT2D eigenvalue weighted by atomic mass is 32.1. The van der Waals surface area contributed by atoms with E-state index in [1.807, 2.05) is 24.4 Å². The van der Waals surface area contributed by atoms with Gasteiger partial charge in [-0.1, -0.05) is 6.07 Å². The summed E-state index contributed by atoms with van der Waals surface area (Å²) in [6.45, 7) is 2.02. The average molecular weight is 217 g/mol. The molecule has 14 heavy (non-hydrogen) atoms. The summed E-state index contributed by atoms with van der Waals surface area (Å²) in [6, 6.07) is 4.19. The van der Waals surface area contributed by atoms with Crippen LogP contribution in [0.4, 0.5) is 8.78 Å². The van der Waals surface area contributed by atoms with Gasteiger partial charge in [0.15, 0.2) is 0 Å². The maximum Gasteiger partial charge on any atom is 0.251 e. The topological polar surface area (TPSA) is 12.0 Å². The van der Waals surface area contributed by atoms with Crippen molar-refractivity contribution in [3.63, 3.8) is 0 Å². The van der Waals surface area contributed by atoms with Gasteiger partial charge in [0.2, 0.25) is 0 Å². The van der Waals surface area contributed by atoms with E-state index in [4.69, 9.17) is 0 Å². The Balaban J connectivity index is 1.82. The van der Waals surface area contributed by atoms with Crippen LogP contribution in [0.15, 0.2) is 17.5 Å².